The van der Waals surface area contributed by atoms with Gasteiger partial charge in [-0.25, -0.2) is 4.79 Å². The molecule has 0 spiro atoms. The van der Waals surface area contributed by atoms with E-state index in [0.717, 1.165) is 11.1 Å². The summed E-state index contributed by atoms with van der Waals surface area (Å²) in [4.78, 5) is 39.5. The van der Waals surface area contributed by atoms with Crippen LogP contribution in [0.25, 0.3) is 0 Å². The van der Waals surface area contributed by atoms with E-state index in [1.54, 1.807) is 18.0 Å². The Balaban J connectivity index is 2.27. The maximum atomic E-state index is 13.5. The maximum Gasteiger partial charge on any atom is 0.331 e. The number of fused-ring (bicyclic) bond motifs is 1. The molecule has 0 aliphatic carbocycles. The van der Waals surface area contributed by atoms with E-state index < -0.39 is 29.5 Å². The average Bonchev–Trinajstić information content (AvgIpc) is 3.11. The molecule has 0 saturated heterocycles. The first kappa shape index (κ1) is 24.6. The molecule has 1 aliphatic rings. The Morgan fingerprint density at radius 2 is 1.84 bits per heavy atom. The van der Waals surface area contributed by atoms with Gasteiger partial charge in [-0.2, -0.15) is 0 Å². The highest BCUT2D eigenvalue weighted by molar-refractivity contribution is 5.92. The molecule has 7 heteroatoms. The van der Waals surface area contributed by atoms with Gasteiger partial charge in [0.05, 0.1) is 6.04 Å². The van der Waals surface area contributed by atoms with E-state index in [0.29, 0.717) is 6.54 Å². The SMILES string of the molecule is C/C(=C\C(C(C)C)N(C)C(=O)C(NC(=O)C1NCc2ccccc21)C(C)(C)C)C(=O)O. The Bertz CT molecular complexity index is 870. The van der Waals surface area contributed by atoms with Crippen LogP contribution in [0.3, 0.4) is 0 Å². The van der Waals surface area contributed by atoms with Gasteiger partial charge in [-0.15, -0.1) is 0 Å². The third-order valence-electron chi connectivity index (χ3n) is 5.76. The van der Waals surface area contributed by atoms with Gasteiger partial charge >= 0.3 is 5.97 Å². The van der Waals surface area contributed by atoms with Crippen molar-refractivity contribution in [3.05, 3.63) is 47.0 Å². The van der Waals surface area contributed by atoms with Crippen molar-refractivity contribution in [1.29, 1.82) is 0 Å². The minimum Gasteiger partial charge on any atom is -0.478 e. The summed E-state index contributed by atoms with van der Waals surface area (Å²) in [6, 6.07) is 6.07. The molecular formula is C24H35N3O4. The lowest BCUT2D eigenvalue weighted by Gasteiger charge is -2.37. The van der Waals surface area contributed by atoms with Crippen LogP contribution in [0.15, 0.2) is 35.9 Å². The molecule has 3 N–H and O–H groups in total. The number of nitrogens with one attached hydrogen (secondary N) is 2. The van der Waals surface area contributed by atoms with Crippen molar-refractivity contribution in [2.45, 2.75) is 66.2 Å². The van der Waals surface area contributed by atoms with Crippen LogP contribution in [-0.4, -0.2) is 46.9 Å². The largest absolute Gasteiger partial charge is 0.478 e. The normalized spacial score (nSPS) is 18.3. The molecule has 2 amide bonds. The Morgan fingerprint density at radius 3 is 2.39 bits per heavy atom. The third-order valence-corrected chi connectivity index (χ3v) is 5.76. The van der Waals surface area contributed by atoms with Gasteiger partial charge in [0.15, 0.2) is 0 Å². The smallest absolute Gasteiger partial charge is 0.331 e. The molecule has 0 saturated carbocycles. The van der Waals surface area contributed by atoms with E-state index in [2.05, 4.69) is 10.6 Å². The number of carboxylic acid groups (broad SMARTS) is 1. The molecule has 31 heavy (non-hydrogen) atoms. The van der Waals surface area contributed by atoms with Gasteiger partial charge in [0, 0.05) is 19.2 Å². The Hall–Kier alpha value is -2.67. The van der Waals surface area contributed by atoms with Crippen molar-refractivity contribution in [1.82, 2.24) is 15.5 Å². The van der Waals surface area contributed by atoms with Crippen molar-refractivity contribution < 1.29 is 19.5 Å². The summed E-state index contributed by atoms with van der Waals surface area (Å²) in [5, 5.41) is 15.4. The quantitative estimate of drug-likeness (QED) is 0.579. The maximum absolute atomic E-state index is 13.5. The third kappa shape index (κ3) is 5.73. The second-order valence-electron chi connectivity index (χ2n) is 9.66. The molecule has 0 fully saturated rings. The van der Waals surface area contributed by atoms with Crippen molar-refractivity contribution in [3.63, 3.8) is 0 Å². The number of carboxylic acids is 1. The van der Waals surface area contributed by atoms with Gasteiger partial charge in [-0.05, 0) is 29.4 Å². The summed E-state index contributed by atoms with van der Waals surface area (Å²) < 4.78 is 0. The first-order valence-electron chi connectivity index (χ1n) is 10.6. The van der Waals surface area contributed by atoms with Crippen LogP contribution in [0, 0.1) is 11.3 Å². The predicted molar refractivity (Wildman–Crippen MR) is 120 cm³/mol. The molecule has 1 aromatic carbocycles. The van der Waals surface area contributed by atoms with E-state index in [4.69, 9.17) is 0 Å². The highest BCUT2D eigenvalue weighted by Crippen LogP contribution is 2.28. The van der Waals surface area contributed by atoms with E-state index in [9.17, 15) is 19.5 Å². The van der Waals surface area contributed by atoms with Crippen molar-refractivity contribution in [3.8, 4) is 0 Å². The number of rotatable bonds is 7. The highest BCUT2D eigenvalue weighted by atomic mass is 16.4. The standard InChI is InChI=1S/C24H35N3O4/c1-14(2)18(12-15(3)23(30)31)27(7)22(29)20(24(4,5)6)26-21(28)19-17-11-9-8-10-16(17)13-25-19/h8-12,14,18-20,25H,13H2,1-7H3,(H,26,28)(H,30,31)/b15-12+. The number of aliphatic carboxylic acids is 1. The molecule has 7 nitrogen and oxygen atoms in total. The van der Waals surface area contributed by atoms with Gasteiger partial charge in [-0.3, -0.25) is 14.9 Å². The molecule has 1 heterocycles. The minimum absolute atomic E-state index is 0.00273. The fourth-order valence-corrected chi connectivity index (χ4v) is 3.84. The van der Waals surface area contributed by atoms with Gasteiger partial charge in [-0.1, -0.05) is 65.0 Å². The van der Waals surface area contributed by atoms with Crippen LogP contribution in [0.1, 0.15) is 58.7 Å². The summed E-state index contributed by atoms with van der Waals surface area (Å²) in [6.07, 6.45) is 1.60. The molecule has 2 rings (SSSR count). The molecule has 1 aliphatic heterocycles. The lowest BCUT2D eigenvalue weighted by atomic mass is 9.84. The Morgan fingerprint density at radius 1 is 1.23 bits per heavy atom. The average molecular weight is 430 g/mol. The van der Waals surface area contributed by atoms with E-state index in [-0.39, 0.29) is 23.3 Å². The van der Waals surface area contributed by atoms with Crippen molar-refractivity contribution in [2.75, 3.05) is 7.05 Å². The van der Waals surface area contributed by atoms with Gasteiger partial charge in [0.1, 0.15) is 12.1 Å². The molecule has 0 radical (unpaired) electrons. The first-order chi connectivity index (χ1) is 14.3. The van der Waals surface area contributed by atoms with E-state index in [1.807, 2.05) is 58.9 Å². The summed E-state index contributed by atoms with van der Waals surface area (Å²) in [5.41, 5.74) is 1.65. The second kappa shape index (κ2) is 9.64. The zero-order valence-corrected chi connectivity index (χ0v) is 19.5. The number of nitrogens with zero attached hydrogens (tertiary/aromatic N) is 1. The number of hydrogen-bond acceptors (Lipinski definition) is 4. The first-order valence-corrected chi connectivity index (χ1v) is 10.6. The number of amides is 2. The monoisotopic (exact) mass is 429 g/mol. The van der Waals surface area contributed by atoms with E-state index in [1.165, 1.54) is 6.92 Å². The summed E-state index contributed by atoms with van der Waals surface area (Å²) in [6.45, 7) is 11.7. The van der Waals surface area contributed by atoms with Crippen LogP contribution in [-0.2, 0) is 20.9 Å². The van der Waals surface area contributed by atoms with Gasteiger partial charge < -0.3 is 15.3 Å². The van der Waals surface area contributed by atoms with E-state index >= 15 is 0 Å². The van der Waals surface area contributed by atoms with Crippen LogP contribution in [0.4, 0.5) is 0 Å². The number of benzene rings is 1. The van der Waals surface area contributed by atoms with Crippen molar-refractivity contribution in [2.24, 2.45) is 11.3 Å². The van der Waals surface area contributed by atoms with Crippen LogP contribution in [0.2, 0.25) is 0 Å². The molecule has 0 aromatic heterocycles. The highest BCUT2D eigenvalue weighted by Gasteiger charge is 2.39. The minimum atomic E-state index is -1.02. The molecule has 3 unspecified atom stereocenters. The van der Waals surface area contributed by atoms with Crippen molar-refractivity contribution >= 4 is 17.8 Å². The summed E-state index contributed by atoms with van der Waals surface area (Å²) in [5.74, 6) is -1.51. The second-order valence-corrected chi connectivity index (χ2v) is 9.66. The molecule has 3 atom stereocenters. The van der Waals surface area contributed by atoms with Gasteiger partial charge in [0.25, 0.3) is 0 Å². The van der Waals surface area contributed by atoms with Crippen LogP contribution >= 0.6 is 0 Å². The topological polar surface area (TPSA) is 98.7 Å². The van der Waals surface area contributed by atoms with Gasteiger partial charge in [0.2, 0.25) is 11.8 Å². The number of carbonyl (C=O) groups excluding carboxylic acids is 2. The molecular weight excluding hydrogens is 394 g/mol. The fraction of sp³-hybridized carbons (Fsp3) is 0.542. The molecule has 0 bridgehead atoms. The predicted octanol–water partition coefficient (Wildman–Crippen LogP) is 2.88. The zero-order valence-electron chi connectivity index (χ0n) is 19.5. The lowest BCUT2D eigenvalue weighted by Crippen LogP contribution is -2.57. The summed E-state index contributed by atoms with van der Waals surface area (Å²) in [7, 11) is 1.66. The Kier molecular flexibility index (Phi) is 7.65. The van der Waals surface area contributed by atoms with Crippen LogP contribution < -0.4 is 10.6 Å². The van der Waals surface area contributed by atoms with Crippen LogP contribution in [0.5, 0.6) is 0 Å². The number of likely N-dealkylation sites (N-methyl/N-ethyl adjacent to an activating group) is 1. The zero-order chi connectivity index (χ0) is 23.5. The summed E-state index contributed by atoms with van der Waals surface area (Å²) >= 11 is 0. The molecule has 170 valence electrons. The number of hydrogen-bond donors (Lipinski definition) is 3. The lowest BCUT2D eigenvalue weighted by molar-refractivity contribution is -0.140. The number of carbonyl (C=O) groups is 3. The fourth-order valence-electron chi connectivity index (χ4n) is 3.84. The molecule has 1 aromatic rings. The Labute approximate surface area is 184 Å².